The average molecular weight is 285 g/mol. The van der Waals surface area contributed by atoms with E-state index in [-0.39, 0.29) is 0 Å². The molecule has 2 N–H and O–H groups in total. The van der Waals surface area contributed by atoms with E-state index in [1.165, 1.54) is 6.08 Å². The van der Waals surface area contributed by atoms with Gasteiger partial charge in [-0.2, -0.15) is 5.10 Å². The molecule has 0 bridgehead atoms. The van der Waals surface area contributed by atoms with E-state index in [1.54, 1.807) is 60.4 Å². The molecule has 6 heteroatoms. The molecule has 2 aromatic rings. The van der Waals surface area contributed by atoms with Gasteiger partial charge in [0.2, 0.25) is 5.91 Å². The highest BCUT2D eigenvalue weighted by Gasteiger charge is 2.20. The third-order valence-corrected chi connectivity index (χ3v) is 2.93. The molecular weight excluding hydrogens is 270 g/mol. The summed E-state index contributed by atoms with van der Waals surface area (Å²) in [5.74, 6) is -1.59. The van der Waals surface area contributed by atoms with Gasteiger partial charge in [0.15, 0.2) is 6.04 Å². The van der Waals surface area contributed by atoms with Crippen LogP contribution in [0.25, 0.3) is 6.08 Å². The molecule has 1 heterocycles. The lowest BCUT2D eigenvalue weighted by molar-refractivity contribution is -0.141. The Bertz CT molecular complexity index is 662. The van der Waals surface area contributed by atoms with E-state index in [0.717, 1.165) is 5.69 Å². The fourth-order valence-electron chi connectivity index (χ4n) is 1.83. The Morgan fingerprint density at radius 2 is 2.00 bits per heavy atom. The number of carboxylic acid groups (broad SMARTS) is 1. The third kappa shape index (κ3) is 3.79. The maximum Gasteiger partial charge on any atom is 0.330 e. The lowest BCUT2D eigenvalue weighted by atomic mass is 10.1. The second-order valence-electron chi connectivity index (χ2n) is 4.40. The minimum absolute atomic E-state index is 0.479. The van der Waals surface area contributed by atoms with Crippen molar-refractivity contribution in [3.8, 4) is 0 Å². The van der Waals surface area contributed by atoms with E-state index in [2.05, 4.69) is 10.4 Å². The topological polar surface area (TPSA) is 84.2 Å². The van der Waals surface area contributed by atoms with Crippen LogP contribution in [0.15, 0.2) is 48.7 Å². The van der Waals surface area contributed by atoms with E-state index in [1.807, 2.05) is 0 Å². The second-order valence-corrected chi connectivity index (χ2v) is 4.40. The zero-order chi connectivity index (χ0) is 15.2. The summed E-state index contributed by atoms with van der Waals surface area (Å²) < 4.78 is 1.61. The first kappa shape index (κ1) is 14.5. The lowest BCUT2D eigenvalue weighted by Gasteiger charge is -2.13. The molecule has 0 fully saturated rings. The van der Waals surface area contributed by atoms with E-state index in [4.69, 9.17) is 0 Å². The highest BCUT2D eigenvalue weighted by Crippen LogP contribution is 2.12. The molecule has 1 atom stereocenters. The van der Waals surface area contributed by atoms with Crippen molar-refractivity contribution < 1.29 is 14.7 Å². The zero-order valence-electron chi connectivity index (χ0n) is 11.4. The van der Waals surface area contributed by atoms with Crippen molar-refractivity contribution in [1.29, 1.82) is 0 Å². The van der Waals surface area contributed by atoms with Crippen LogP contribution in [-0.4, -0.2) is 26.8 Å². The van der Waals surface area contributed by atoms with Gasteiger partial charge >= 0.3 is 5.97 Å². The molecule has 108 valence electrons. The number of aryl methyl sites for hydroxylation is 1. The predicted octanol–water partition coefficient (Wildman–Crippen LogP) is 1.38. The molecule has 1 aromatic carbocycles. The molecule has 0 saturated carbocycles. The number of benzene rings is 1. The Balaban J connectivity index is 2.08. The number of nitrogens with zero attached hydrogens (tertiary/aromatic N) is 2. The van der Waals surface area contributed by atoms with Crippen LogP contribution >= 0.6 is 0 Å². The summed E-state index contributed by atoms with van der Waals surface area (Å²) in [6.45, 7) is 0. The molecule has 21 heavy (non-hydrogen) atoms. The smallest absolute Gasteiger partial charge is 0.330 e. The van der Waals surface area contributed by atoms with Gasteiger partial charge < -0.3 is 10.4 Å². The predicted molar refractivity (Wildman–Crippen MR) is 77.2 cm³/mol. The Morgan fingerprint density at radius 1 is 1.29 bits per heavy atom. The van der Waals surface area contributed by atoms with Crippen LogP contribution in [0.1, 0.15) is 17.3 Å². The first-order valence-corrected chi connectivity index (χ1v) is 6.32. The highest BCUT2D eigenvalue weighted by molar-refractivity contribution is 5.94. The number of rotatable bonds is 5. The van der Waals surface area contributed by atoms with Gasteiger partial charge in [-0.15, -0.1) is 0 Å². The Hall–Kier alpha value is -2.89. The molecule has 0 saturated heterocycles. The Morgan fingerprint density at radius 3 is 2.57 bits per heavy atom. The number of aromatic nitrogens is 2. The number of aliphatic carboxylic acids is 1. The minimum atomic E-state index is -1.11. The normalized spacial score (nSPS) is 12.2. The molecular formula is C15H15N3O3. The Labute approximate surface area is 121 Å². The zero-order valence-corrected chi connectivity index (χ0v) is 11.4. The van der Waals surface area contributed by atoms with E-state index < -0.39 is 17.9 Å². The second kappa shape index (κ2) is 6.51. The lowest BCUT2D eigenvalue weighted by Crippen LogP contribution is -2.32. The fourth-order valence-corrected chi connectivity index (χ4v) is 1.83. The molecule has 2 rings (SSSR count). The highest BCUT2D eigenvalue weighted by atomic mass is 16.4. The largest absolute Gasteiger partial charge is 0.479 e. The van der Waals surface area contributed by atoms with Crippen LogP contribution < -0.4 is 5.32 Å². The number of amides is 1. The van der Waals surface area contributed by atoms with Crippen LogP contribution in [0.4, 0.5) is 0 Å². The van der Waals surface area contributed by atoms with Gasteiger partial charge in [-0.3, -0.25) is 9.48 Å². The van der Waals surface area contributed by atoms with Crippen LogP contribution in [0, 0.1) is 0 Å². The minimum Gasteiger partial charge on any atom is -0.479 e. The average Bonchev–Trinajstić information content (AvgIpc) is 2.88. The number of hydrogen-bond donors (Lipinski definition) is 2. The van der Waals surface area contributed by atoms with Crippen molar-refractivity contribution in [2.24, 2.45) is 7.05 Å². The monoisotopic (exact) mass is 285 g/mol. The summed E-state index contributed by atoms with van der Waals surface area (Å²) in [6, 6.07) is 9.22. The van der Waals surface area contributed by atoms with Crippen molar-refractivity contribution in [2.75, 3.05) is 0 Å². The molecule has 0 unspecified atom stereocenters. The number of carbonyl (C=O) groups excluding carboxylic acids is 1. The van der Waals surface area contributed by atoms with Gasteiger partial charge in [0.05, 0.1) is 5.69 Å². The quantitative estimate of drug-likeness (QED) is 0.813. The van der Waals surface area contributed by atoms with Crippen LogP contribution in [-0.2, 0) is 16.6 Å². The van der Waals surface area contributed by atoms with E-state index in [0.29, 0.717) is 5.56 Å². The maximum absolute atomic E-state index is 11.8. The first-order valence-electron chi connectivity index (χ1n) is 6.32. The molecule has 6 nitrogen and oxygen atoms in total. The van der Waals surface area contributed by atoms with Crippen molar-refractivity contribution in [3.63, 3.8) is 0 Å². The number of nitrogens with one attached hydrogen (secondary N) is 1. The van der Waals surface area contributed by atoms with E-state index in [9.17, 15) is 14.7 Å². The van der Waals surface area contributed by atoms with Crippen molar-refractivity contribution >= 4 is 18.0 Å². The summed E-state index contributed by atoms with van der Waals surface area (Å²) in [5.41, 5.74) is 1.27. The van der Waals surface area contributed by atoms with Gasteiger partial charge in [0.25, 0.3) is 0 Å². The van der Waals surface area contributed by atoms with Gasteiger partial charge in [-0.1, -0.05) is 30.3 Å². The van der Waals surface area contributed by atoms with E-state index >= 15 is 0 Å². The fraction of sp³-hybridized carbons (Fsp3) is 0.133. The summed E-state index contributed by atoms with van der Waals surface area (Å²) in [7, 11) is 1.75. The van der Waals surface area contributed by atoms with Crippen molar-refractivity contribution in [2.45, 2.75) is 6.04 Å². The summed E-state index contributed by atoms with van der Waals surface area (Å²) >= 11 is 0. The summed E-state index contributed by atoms with van der Waals surface area (Å²) in [6.07, 6.45) is 4.48. The molecule has 0 aliphatic heterocycles. The summed E-state index contributed by atoms with van der Waals surface area (Å²) in [4.78, 5) is 23.1. The van der Waals surface area contributed by atoms with Crippen molar-refractivity contribution in [3.05, 3.63) is 59.9 Å². The maximum atomic E-state index is 11.8. The van der Waals surface area contributed by atoms with Gasteiger partial charge in [-0.05, 0) is 17.7 Å². The standard InChI is InChI=1S/C15H15N3O3/c1-18-12(9-10-16-18)7-8-13(19)17-14(15(20)21)11-5-3-2-4-6-11/h2-10,14H,1H3,(H,17,19)(H,20,21)/b8-7+/t14-/m1/s1. The summed E-state index contributed by atoms with van der Waals surface area (Å²) in [5, 5.41) is 15.6. The molecule has 1 aromatic heterocycles. The molecule has 0 spiro atoms. The first-order chi connectivity index (χ1) is 10.1. The number of carboxylic acids is 1. The van der Waals surface area contributed by atoms with Crippen molar-refractivity contribution in [1.82, 2.24) is 15.1 Å². The SMILES string of the molecule is Cn1nccc1/C=C/C(=O)N[C@@H](C(=O)O)c1ccccc1. The van der Waals surface area contributed by atoms with Crippen LogP contribution in [0.5, 0.6) is 0 Å². The molecule has 0 radical (unpaired) electrons. The molecule has 0 aliphatic rings. The van der Waals surface area contributed by atoms with Gasteiger partial charge in [-0.25, -0.2) is 4.79 Å². The van der Waals surface area contributed by atoms with Crippen LogP contribution in [0.2, 0.25) is 0 Å². The molecule has 0 aliphatic carbocycles. The number of carbonyl (C=O) groups is 2. The van der Waals surface area contributed by atoms with Gasteiger partial charge in [0, 0.05) is 19.3 Å². The number of hydrogen-bond acceptors (Lipinski definition) is 3. The third-order valence-electron chi connectivity index (χ3n) is 2.93. The van der Waals surface area contributed by atoms with Gasteiger partial charge in [0.1, 0.15) is 0 Å². The molecule has 1 amide bonds. The van der Waals surface area contributed by atoms with Crippen LogP contribution in [0.3, 0.4) is 0 Å². The Kier molecular flexibility index (Phi) is 4.50.